The highest BCUT2D eigenvalue weighted by Crippen LogP contribution is 2.38. The number of likely N-dealkylation sites (tertiary alicyclic amines) is 1. The van der Waals surface area contributed by atoms with E-state index in [1.165, 1.54) is 24.8 Å². The van der Waals surface area contributed by atoms with E-state index in [1.54, 1.807) is 0 Å². The number of rotatable bonds is 3. The van der Waals surface area contributed by atoms with Crippen molar-refractivity contribution in [1.29, 1.82) is 0 Å². The Balaban J connectivity index is 1.74. The molecule has 2 bridgehead atoms. The average Bonchev–Trinajstić information content (AvgIpc) is 3.00. The van der Waals surface area contributed by atoms with Gasteiger partial charge < -0.3 is 0 Å². The van der Waals surface area contributed by atoms with Crippen LogP contribution in [0.25, 0.3) is 0 Å². The third-order valence-corrected chi connectivity index (χ3v) is 4.66. The normalized spacial score (nSPS) is 28.6. The molecule has 1 aromatic rings. The zero-order valence-corrected chi connectivity index (χ0v) is 11.2. The number of nitrogens with zero attached hydrogens (tertiary/aromatic N) is 1. The van der Waals surface area contributed by atoms with Gasteiger partial charge in [0.15, 0.2) is 5.78 Å². The van der Waals surface area contributed by atoms with E-state index < -0.39 is 0 Å². The molecule has 1 aliphatic carbocycles. The molecule has 0 N–H and O–H groups in total. The second kappa shape index (κ2) is 4.51. The largest absolute Gasteiger partial charge is 0.292 e. The van der Waals surface area contributed by atoms with Gasteiger partial charge in [-0.2, -0.15) is 0 Å². The lowest BCUT2D eigenvalue weighted by Gasteiger charge is -2.31. The van der Waals surface area contributed by atoms with Crippen molar-refractivity contribution in [2.45, 2.75) is 45.2 Å². The monoisotopic (exact) mass is 243 g/mol. The number of carbonyl (C=O) groups excluding carboxylic acids is 1. The van der Waals surface area contributed by atoms with Crippen molar-refractivity contribution in [1.82, 2.24) is 4.90 Å². The van der Waals surface area contributed by atoms with E-state index in [0.29, 0.717) is 6.04 Å². The maximum absolute atomic E-state index is 12.5. The van der Waals surface area contributed by atoms with Crippen LogP contribution >= 0.6 is 0 Å². The summed E-state index contributed by atoms with van der Waals surface area (Å²) in [6.07, 6.45) is 3.97. The molecular weight excluding hydrogens is 222 g/mol. The van der Waals surface area contributed by atoms with Crippen LogP contribution in [0, 0.1) is 12.8 Å². The molecule has 3 rings (SSSR count). The number of hydrogen-bond donors (Lipinski definition) is 0. The minimum absolute atomic E-state index is 0.0445. The first-order chi connectivity index (χ1) is 8.65. The highest BCUT2D eigenvalue weighted by Gasteiger charge is 2.41. The summed E-state index contributed by atoms with van der Waals surface area (Å²) < 4.78 is 0. The van der Waals surface area contributed by atoms with Crippen LogP contribution < -0.4 is 0 Å². The Morgan fingerprint density at radius 1 is 1.28 bits per heavy atom. The number of piperidine rings is 1. The molecule has 0 spiro atoms. The van der Waals surface area contributed by atoms with Crippen molar-refractivity contribution >= 4 is 5.78 Å². The molecule has 3 atom stereocenters. The standard InChI is InChI=1S/C16H21NO/c1-11-3-6-14(7-4-11)16(18)12(2)17-10-13-5-8-15(17)9-13/h3-4,6-7,12-13,15H,5,8-10H2,1-2H3. The number of hydrogen-bond acceptors (Lipinski definition) is 2. The number of ketones is 1. The summed E-state index contributed by atoms with van der Waals surface area (Å²) in [6, 6.07) is 8.68. The van der Waals surface area contributed by atoms with Gasteiger partial charge in [-0.1, -0.05) is 29.8 Å². The summed E-state index contributed by atoms with van der Waals surface area (Å²) in [5.41, 5.74) is 2.07. The number of carbonyl (C=O) groups is 1. The quantitative estimate of drug-likeness (QED) is 0.760. The van der Waals surface area contributed by atoms with Crippen LogP contribution in [-0.2, 0) is 0 Å². The van der Waals surface area contributed by atoms with Gasteiger partial charge >= 0.3 is 0 Å². The Hall–Kier alpha value is -1.15. The highest BCUT2D eigenvalue weighted by molar-refractivity contribution is 5.99. The smallest absolute Gasteiger partial charge is 0.179 e. The van der Waals surface area contributed by atoms with Gasteiger partial charge in [0.05, 0.1) is 6.04 Å². The maximum atomic E-state index is 12.5. The molecule has 0 amide bonds. The molecule has 1 aromatic carbocycles. The first kappa shape index (κ1) is 11.9. The zero-order chi connectivity index (χ0) is 12.7. The Labute approximate surface area is 109 Å². The molecule has 1 saturated carbocycles. The lowest BCUT2D eigenvalue weighted by atomic mass is 10.0. The fraction of sp³-hybridized carbons (Fsp3) is 0.562. The van der Waals surface area contributed by atoms with Gasteiger partial charge in [0.2, 0.25) is 0 Å². The molecule has 1 heterocycles. The average molecular weight is 243 g/mol. The van der Waals surface area contributed by atoms with E-state index in [9.17, 15) is 4.79 Å². The first-order valence-electron chi connectivity index (χ1n) is 7.02. The molecule has 2 heteroatoms. The predicted octanol–water partition coefficient (Wildman–Crippen LogP) is 3.05. The van der Waals surface area contributed by atoms with Gasteiger partial charge in [0, 0.05) is 18.2 Å². The molecule has 3 unspecified atom stereocenters. The van der Waals surface area contributed by atoms with Gasteiger partial charge in [-0.15, -0.1) is 0 Å². The van der Waals surface area contributed by atoms with E-state index in [0.717, 1.165) is 18.0 Å². The first-order valence-corrected chi connectivity index (χ1v) is 7.02. The summed E-state index contributed by atoms with van der Waals surface area (Å²) in [4.78, 5) is 14.9. The Morgan fingerprint density at radius 3 is 2.56 bits per heavy atom. The molecule has 0 radical (unpaired) electrons. The number of fused-ring (bicyclic) bond motifs is 2. The van der Waals surface area contributed by atoms with E-state index in [4.69, 9.17) is 0 Å². The van der Waals surface area contributed by atoms with E-state index >= 15 is 0 Å². The predicted molar refractivity (Wildman–Crippen MR) is 72.8 cm³/mol. The number of aryl methyl sites for hydroxylation is 1. The topological polar surface area (TPSA) is 20.3 Å². The zero-order valence-electron chi connectivity index (χ0n) is 11.2. The second-order valence-corrected chi connectivity index (χ2v) is 5.94. The van der Waals surface area contributed by atoms with Gasteiger partial charge in [-0.3, -0.25) is 9.69 Å². The Morgan fingerprint density at radius 2 is 2.00 bits per heavy atom. The Kier molecular flexibility index (Phi) is 2.98. The molecule has 96 valence electrons. The molecular formula is C16H21NO. The summed E-state index contributed by atoms with van der Waals surface area (Å²) in [6.45, 7) is 5.25. The molecule has 0 aromatic heterocycles. The van der Waals surface area contributed by atoms with Crippen LogP contribution in [0.3, 0.4) is 0 Å². The van der Waals surface area contributed by atoms with Crippen molar-refractivity contribution in [2.24, 2.45) is 5.92 Å². The van der Waals surface area contributed by atoms with Crippen molar-refractivity contribution in [3.63, 3.8) is 0 Å². The van der Waals surface area contributed by atoms with Gasteiger partial charge in [0.1, 0.15) is 0 Å². The summed E-state index contributed by atoms with van der Waals surface area (Å²) in [7, 11) is 0. The Bertz CT molecular complexity index is 451. The van der Waals surface area contributed by atoms with Crippen LogP contribution in [0.2, 0.25) is 0 Å². The molecule has 2 nitrogen and oxygen atoms in total. The van der Waals surface area contributed by atoms with Gasteiger partial charge in [0.25, 0.3) is 0 Å². The van der Waals surface area contributed by atoms with E-state index in [2.05, 4.69) is 18.7 Å². The SMILES string of the molecule is Cc1ccc(C(=O)C(C)N2CC3CCC2C3)cc1. The van der Waals surface area contributed by atoms with Crippen LogP contribution in [0.1, 0.15) is 42.1 Å². The third-order valence-electron chi connectivity index (χ3n) is 4.66. The van der Waals surface area contributed by atoms with Crippen LogP contribution in [0.5, 0.6) is 0 Å². The summed E-state index contributed by atoms with van der Waals surface area (Å²) in [5.74, 6) is 1.13. The summed E-state index contributed by atoms with van der Waals surface area (Å²) in [5, 5.41) is 0. The molecule has 1 aliphatic heterocycles. The number of Topliss-reactive ketones (excluding diaryl/α,β-unsaturated/α-hetero) is 1. The van der Waals surface area contributed by atoms with Crippen LogP contribution in [-0.4, -0.2) is 29.3 Å². The molecule has 18 heavy (non-hydrogen) atoms. The van der Waals surface area contributed by atoms with Crippen molar-refractivity contribution in [2.75, 3.05) is 6.54 Å². The summed E-state index contributed by atoms with van der Waals surface area (Å²) >= 11 is 0. The fourth-order valence-electron chi connectivity index (χ4n) is 3.55. The van der Waals surface area contributed by atoms with E-state index in [-0.39, 0.29) is 11.8 Å². The van der Waals surface area contributed by atoms with Crippen LogP contribution in [0.4, 0.5) is 0 Å². The molecule has 2 fully saturated rings. The number of benzene rings is 1. The maximum Gasteiger partial charge on any atom is 0.179 e. The van der Waals surface area contributed by atoms with Crippen molar-refractivity contribution in [3.05, 3.63) is 35.4 Å². The van der Waals surface area contributed by atoms with Crippen LogP contribution in [0.15, 0.2) is 24.3 Å². The lowest BCUT2D eigenvalue weighted by Crippen LogP contribution is -2.43. The van der Waals surface area contributed by atoms with Gasteiger partial charge in [-0.25, -0.2) is 0 Å². The highest BCUT2D eigenvalue weighted by atomic mass is 16.1. The third kappa shape index (κ3) is 1.99. The second-order valence-electron chi connectivity index (χ2n) is 5.94. The lowest BCUT2D eigenvalue weighted by molar-refractivity contribution is 0.0787. The minimum Gasteiger partial charge on any atom is -0.292 e. The van der Waals surface area contributed by atoms with Crippen molar-refractivity contribution in [3.8, 4) is 0 Å². The minimum atomic E-state index is 0.0445. The fourth-order valence-corrected chi connectivity index (χ4v) is 3.55. The van der Waals surface area contributed by atoms with Crippen molar-refractivity contribution < 1.29 is 4.79 Å². The molecule has 1 saturated heterocycles. The molecule has 2 aliphatic rings. The van der Waals surface area contributed by atoms with E-state index in [1.807, 2.05) is 24.3 Å². The van der Waals surface area contributed by atoms with Gasteiger partial charge in [-0.05, 0) is 39.0 Å².